The number of rotatable bonds is 4. The lowest BCUT2D eigenvalue weighted by Gasteiger charge is -2.29. The number of hydrogen-bond acceptors (Lipinski definition) is 3. The Balaban J connectivity index is 1.93. The highest BCUT2D eigenvalue weighted by Gasteiger charge is 2.23. The predicted molar refractivity (Wildman–Crippen MR) is 77.7 cm³/mol. The van der Waals surface area contributed by atoms with Crippen molar-refractivity contribution in [2.45, 2.75) is 43.9 Å². The van der Waals surface area contributed by atoms with Crippen molar-refractivity contribution < 1.29 is 10.2 Å². The molecule has 0 radical (unpaired) electrons. The fraction of sp³-hybridized carbons (Fsp3) is 0.571. The molecule has 1 aromatic rings. The second-order valence-electron chi connectivity index (χ2n) is 5.05. The molecule has 1 saturated carbocycles. The molecule has 3 atom stereocenters. The van der Waals surface area contributed by atoms with Crippen molar-refractivity contribution >= 4 is 23.2 Å². The zero-order valence-electron chi connectivity index (χ0n) is 10.6. The highest BCUT2D eigenvalue weighted by molar-refractivity contribution is 6.33. The van der Waals surface area contributed by atoms with Gasteiger partial charge in [0.15, 0.2) is 0 Å². The lowest BCUT2D eigenvalue weighted by Crippen LogP contribution is -2.43. The molecular weight excluding hydrogens is 285 g/mol. The fourth-order valence-electron chi connectivity index (χ4n) is 2.49. The third-order valence-corrected chi connectivity index (χ3v) is 4.20. The maximum Gasteiger partial charge on any atom is 0.0929 e. The third-order valence-electron chi connectivity index (χ3n) is 3.62. The predicted octanol–water partition coefficient (Wildman–Crippen LogP) is 2.92. The number of aliphatic hydroxyl groups is 2. The zero-order chi connectivity index (χ0) is 13.8. The summed E-state index contributed by atoms with van der Waals surface area (Å²) in [7, 11) is 0. The molecule has 0 saturated heterocycles. The van der Waals surface area contributed by atoms with Crippen LogP contribution in [0.1, 0.15) is 37.4 Å². The van der Waals surface area contributed by atoms with E-state index in [2.05, 4.69) is 5.32 Å². The summed E-state index contributed by atoms with van der Waals surface area (Å²) in [5.74, 6) is 0. The van der Waals surface area contributed by atoms with Gasteiger partial charge in [0.1, 0.15) is 0 Å². The van der Waals surface area contributed by atoms with Gasteiger partial charge in [-0.25, -0.2) is 0 Å². The number of halogens is 2. The molecule has 1 aliphatic rings. The fourth-order valence-corrected chi connectivity index (χ4v) is 2.92. The van der Waals surface area contributed by atoms with Crippen LogP contribution >= 0.6 is 23.2 Å². The Hall–Kier alpha value is -0.320. The molecule has 0 spiro atoms. The van der Waals surface area contributed by atoms with E-state index in [1.165, 1.54) is 0 Å². The summed E-state index contributed by atoms with van der Waals surface area (Å²) in [5.41, 5.74) is 0.618. The summed E-state index contributed by atoms with van der Waals surface area (Å²) < 4.78 is 0. The van der Waals surface area contributed by atoms with Crippen LogP contribution in [-0.4, -0.2) is 28.9 Å². The molecule has 19 heavy (non-hydrogen) atoms. The quantitative estimate of drug-likeness (QED) is 0.801. The SMILES string of the molecule is OC(CNC1CCCCC1O)c1cc(Cl)ccc1Cl. The van der Waals surface area contributed by atoms with Crippen molar-refractivity contribution in [3.63, 3.8) is 0 Å². The molecule has 106 valence electrons. The van der Waals surface area contributed by atoms with Gasteiger partial charge in [0.05, 0.1) is 12.2 Å². The molecule has 2 rings (SSSR count). The maximum atomic E-state index is 10.2. The molecular formula is C14H19Cl2NO2. The Morgan fingerprint density at radius 2 is 2.00 bits per heavy atom. The molecule has 1 aliphatic carbocycles. The van der Waals surface area contributed by atoms with Crippen molar-refractivity contribution in [3.05, 3.63) is 33.8 Å². The minimum Gasteiger partial charge on any atom is -0.392 e. The van der Waals surface area contributed by atoms with Crippen molar-refractivity contribution in [3.8, 4) is 0 Å². The van der Waals surface area contributed by atoms with Crippen LogP contribution in [0.25, 0.3) is 0 Å². The Kier molecular flexibility index (Phi) is 5.48. The lowest BCUT2D eigenvalue weighted by atomic mass is 9.92. The largest absolute Gasteiger partial charge is 0.392 e. The van der Waals surface area contributed by atoms with Gasteiger partial charge in [0.2, 0.25) is 0 Å². The van der Waals surface area contributed by atoms with Crippen molar-refractivity contribution in [2.24, 2.45) is 0 Å². The molecule has 3 nitrogen and oxygen atoms in total. The Morgan fingerprint density at radius 3 is 2.74 bits per heavy atom. The first-order valence-electron chi connectivity index (χ1n) is 6.62. The summed E-state index contributed by atoms with van der Waals surface area (Å²) in [6, 6.07) is 5.10. The van der Waals surface area contributed by atoms with Crippen LogP contribution in [0.4, 0.5) is 0 Å². The van der Waals surface area contributed by atoms with Gasteiger partial charge in [0, 0.05) is 28.2 Å². The van der Waals surface area contributed by atoms with Gasteiger partial charge in [0.25, 0.3) is 0 Å². The second kappa shape index (κ2) is 6.91. The van der Waals surface area contributed by atoms with Crippen molar-refractivity contribution in [1.82, 2.24) is 5.32 Å². The molecule has 3 N–H and O–H groups in total. The van der Waals surface area contributed by atoms with Crippen LogP contribution in [0.3, 0.4) is 0 Å². The molecule has 5 heteroatoms. The van der Waals surface area contributed by atoms with Gasteiger partial charge in [-0.2, -0.15) is 0 Å². The Bertz CT molecular complexity index is 428. The third kappa shape index (κ3) is 4.07. The maximum absolute atomic E-state index is 10.2. The van der Waals surface area contributed by atoms with Crippen LogP contribution in [-0.2, 0) is 0 Å². The van der Waals surface area contributed by atoms with Crippen LogP contribution in [0, 0.1) is 0 Å². The summed E-state index contributed by atoms with van der Waals surface area (Å²) in [6.07, 6.45) is 2.91. The molecule has 0 amide bonds. The van der Waals surface area contributed by atoms with Crippen molar-refractivity contribution in [1.29, 1.82) is 0 Å². The van der Waals surface area contributed by atoms with E-state index in [0.717, 1.165) is 25.7 Å². The van der Waals surface area contributed by atoms with E-state index in [-0.39, 0.29) is 12.1 Å². The Morgan fingerprint density at radius 1 is 1.26 bits per heavy atom. The number of nitrogens with one attached hydrogen (secondary N) is 1. The number of hydrogen-bond donors (Lipinski definition) is 3. The standard InChI is InChI=1S/C14H19Cl2NO2/c15-9-5-6-11(16)10(7-9)14(19)8-17-12-3-1-2-4-13(12)18/h5-7,12-14,17-19H,1-4,8H2. The summed E-state index contributed by atoms with van der Waals surface area (Å²) in [4.78, 5) is 0. The van der Waals surface area contributed by atoms with Crippen LogP contribution in [0.15, 0.2) is 18.2 Å². The van der Waals surface area contributed by atoms with Gasteiger partial charge >= 0.3 is 0 Å². The van der Waals surface area contributed by atoms with Crippen LogP contribution in [0.2, 0.25) is 10.0 Å². The normalized spacial score (nSPS) is 25.3. The van der Waals surface area contributed by atoms with Crippen molar-refractivity contribution in [2.75, 3.05) is 6.54 Å². The van der Waals surface area contributed by atoms with E-state index in [4.69, 9.17) is 23.2 Å². The van der Waals surface area contributed by atoms with Crippen LogP contribution in [0.5, 0.6) is 0 Å². The minimum absolute atomic E-state index is 0.0568. The van der Waals surface area contributed by atoms with E-state index in [1.807, 2.05) is 0 Å². The molecule has 0 bridgehead atoms. The van der Waals surface area contributed by atoms with Gasteiger partial charge in [-0.3, -0.25) is 0 Å². The first-order chi connectivity index (χ1) is 9.08. The first-order valence-corrected chi connectivity index (χ1v) is 7.38. The molecule has 3 unspecified atom stereocenters. The topological polar surface area (TPSA) is 52.5 Å². The number of benzene rings is 1. The molecule has 0 aromatic heterocycles. The van der Waals surface area contributed by atoms with E-state index < -0.39 is 6.10 Å². The van der Waals surface area contributed by atoms with E-state index in [1.54, 1.807) is 18.2 Å². The zero-order valence-corrected chi connectivity index (χ0v) is 12.2. The van der Waals surface area contributed by atoms with Gasteiger partial charge in [-0.05, 0) is 31.0 Å². The summed E-state index contributed by atoms with van der Waals surface area (Å²) in [6.45, 7) is 0.363. The second-order valence-corrected chi connectivity index (χ2v) is 5.89. The van der Waals surface area contributed by atoms with Gasteiger partial charge in [-0.15, -0.1) is 0 Å². The highest BCUT2D eigenvalue weighted by atomic mass is 35.5. The highest BCUT2D eigenvalue weighted by Crippen LogP contribution is 2.26. The molecule has 0 aliphatic heterocycles. The van der Waals surface area contributed by atoms with Gasteiger partial charge < -0.3 is 15.5 Å². The Labute approximate surface area is 123 Å². The summed E-state index contributed by atoms with van der Waals surface area (Å²) >= 11 is 11.9. The number of aliphatic hydroxyl groups excluding tert-OH is 2. The average molecular weight is 304 g/mol. The first kappa shape index (κ1) is 15.1. The van der Waals surface area contributed by atoms with E-state index in [9.17, 15) is 10.2 Å². The molecule has 0 heterocycles. The monoisotopic (exact) mass is 303 g/mol. The average Bonchev–Trinajstić information content (AvgIpc) is 2.40. The lowest BCUT2D eigenvalue weighted by molar-refractivity contribution is 0.0798. The minimum atomic E-state index is -0.722. The molecule has 1 aromatic carbocycles. The van der Waals surface area contributed by atoms with Gasteiger partial charge in [-0.1, -0.05) is 36.0 Å². The summed E-state index contributed by atoms with van der Waals surface area (Å²) in [5, 5.41) is 24.3. The van der Waals surface area contributed by atoms with E-state index >= 15 is 0 Å². The smallest absolute Gasteiger partial charge is 0.0929 e. The molecule has 1 fully saturated rings. The van der Waals surface area contributed by atoms with E-state index in [0.29, 0.717) is 22.2 Å². The van der Waals surface area contributed by atoms with Crippen LogP contribution < -0.4 is 5.32 Å².